The summed E-state index contributed by atoms with van der Waals surface area (Å²) in [7, 11) is 3.37. The minimum Gasteiger partial charge on any atom is -0.346 e. The molecule has 1 saturated heterocycles. The Morgan fingerprint density at radius 2 is 1.88 bits per heavy atom. The smallest absolute Gasteiger partial charge is 0.346 e. The number of carbonyl (C=O) groups is 4. The topological polar surface area (TPSA) is 95.6 Å². The van der Waals surface area contributed by atoms with E-state index in [0.717, 1.165) is 12.1 Å². The number of halogens is 3. The number of piperidine rings is 1. The molecule has 12 heteroatoms. The van der Waals surface area contributed by atoms with Crippen LogP contribution in [0.15, 0.2) is 42.5 Å². The number of carbonyl (C=O) groups excluding carboxylic acids is 4. The second-order valence-electron chi connectivity index (χ2n) is 8.78. The second kappa shape index (κ2) is 8.54. The maximum Gasteiger partial charge on any atom is 0.349 e. The Hall–Kier alpha value is -3.20. The third-order valence-corrected chi connectivity index (χ3v) is 6.90. The Morgan fingerprint density at radius 1 is 1.21 bits per heavy atom. The highest BCUT2D eigenvalue weighted by Crippen LogP contribution is 2.37. The van der Waals surface area contributed by atoms with Crippen molar-refractivity contribution in [1.29, 1.82) is 0 Å². The number of rotatable bonds is 5. The van der Waals surface area contributed by atoms with Crippen molar-refractivity contribution in [3.8, 4) is 0 Å². The summed E-state index contributed by atoms with van der Waals surface area (Å²) in [5, 5.41) is 4.82. The zero-order valence-electron chi connectivity index (χ0n) is 18.5. The number of fused-ring (bicyclic) bond motifs is 1. The summed E-state index contributed by atoms with van der Waals surface area (Å²) < 4.78 is 29.0. The third-order valence-electron chi connectivity index (χ3n) is 6.64. The van der Waals surface area contributed by atoms with Gasteiger partial charge in [-0.05, 0) is 35.1 Å². The number of benzene rings is 2. The number of imide groups is 1. The van der Waals surface area contributed by atoms with Gasteiger partial charge in [0.2, 0.25) is 11.8 Å². The average molecular weight is 485 g/mol. The molecule has 2 aliphatic heterocycles. The van der Waals surface area contributed by atoms with Gasteiger partial charge in [-0.2, -0.15) is 8.78 Å². The van der Waals surface area contributed by atoms with Crippen LogP contribution in [0.1, 0.15) is 33.5 Å². The van der Waals surface area contributed by atoms with Gasteiger partial charge in [-0.1, -0.05) is 35.9 Å². The number of alkyl halides is 2. The molecule has 174 valence electrons. The van der Waals surface area contributed by atoms with E-state index in [2.05, 4.69) is 10.6 Å². The van der Waals surface area contributed by atoms with Gasteiger partial charge in [0.25, 0.3) is 11.8 Å². The minimum atomic E-state index is -3.75. The van der Waals surface area contributed by atoms with Crippen molar-refractivity contribution in [2.45, 2.75) is 36.7 Å². The summed E-state index contributed by atoms with van der Waals surface area (Å²) in [5.74, 6) is -6.86. The van der Waals surface area contributed by atoms with Gasteiger partial charge in [-0.15, -0.1) is 0 Å². The van der Waals surface area contributed by atoms with Crippen molar-refractivity contribution < 1.29 is 28.0 Å². The molecule has 1 unspecified atom stereocenters. The highest BCUT2D eigenvalue weighted by atomic mass is 35.5. The molecule has 0 bridgehead atoms. The summed E-state index contributed by atoms with van der Waals surface area (Å²) in [6, 6.07) is 9.51. The molecule has 2 N–H and O–H groups in total. The number of nitrogens with one attached hydrogen (secondary N) is 2. The zero-order valence-corrected chi connectivity index (χ0v) is 19.2. The fourth-order valence-electron chi connectivity index (χ4n) is 4.34. The summed E-state index contributed by atoms with van der Waals surface area (Å²) in [6.07, 6.45) is 0.113. The van der Waals surface area contributed by atoms with Crippen LogP contribution in [0.2, 0.25) is 10.8 Å². The molecule has 0 radical (unpaired) electrons. The molecule has 2 aromatic carbocycles. The first kappa shape index (κ1) is 23.9. The number of hydrogen-bond acceptors (Lipinski definition) is 4. The van der Waals surface area contributed by atoms with Gasteiger partial charge >= 0.3 is 5.92 Å². The van der Waals surface area contributed by atoms with E-state index < -0.39 is 28.7 Å². The van der Waals surface area contributed by atoms with E-state index in [1.54, 1.807) is 33.9 Å². The van der Waals surface area contributed by atoms with Crippen LogP contribution in [0.4, 0.5) is 8.78 Å². The van der Waals surface area contributed by atoms with E-state index in [1.807, 2.05) is 0 Å². The zero-order chi connectivity index (χ0) is 24.8. The first-order chi connectivity index (χ1) is 15.9. The quantitative estimate of drug-likeness (QED) is 0.477. The van der Waals surface area contributed by atoms with E-state index in [9.17, 15) is 28.0 Å². The first-order valence-corrected chi connectivity index (χ1v) is 11.0. The van der Waals surface area contributed by atoms with Crippen LogP contribution in [0.25, 0.3) is 0 Å². The number of hydrogen-bond donors (Lipinski definition) is 2. The molecule has 2 aromatic rings. The average Bonchev–Trinajstić information content (AvgIpc) is 3.12. The lowest BCUT2D eigenvalue weighted by atomic mass is 9.56. The molecule has 7 nitrogen and oxygen atoms in total. The van der Waals surface area contributed by atoms with Gasteiger partial charge in [0, 0.05) is 35.7 Å². The molecule has 4 rings (SSSR count). The lowest BCUT2D eigenvalue weighted by Crippen LogP contribution is -2.66. The largest absolute Gasteiger partial charge is 0.349 e. The maximum atomic E-state index is 14.5. The van der Waals surface area contributed by atoms with E-state index in [-0.39, 0.29) is 42.2 Å². The van der Waals surface area contributed by atoms with Crippen molar-refractivity contribution >= 4 is 50.9 Å². The Labute approximate surface area is 201 Å². The predicted octanol–water partition coefficient (Wildman–Crippen LogP) is 0.502. The molecule has 0 aliphatic carbocycles. The highest BCUT2D eigenvalue weighted by Gasteiger charge is 2.52. The minimum absolute atomic E-state index is 0.113. The molecule has 34 heavy (non-hydrogen) atoms. The number of amides is 4. The molecule has 0 spiro atoms. The SMILES string of the molecule is BC1CC(=O)NC(=O)[C@]1(B)N1Cc2cc(CNC(=O)C(F)(F)c3ccc(Cl)cc3)ccc2C1=O. The Morgan fingerprint density at radius 3 is 2.53 bits per heavy atom. The molecule has 4 amide bonds. The fourth-order valence-corrected chi connectivity index (χ4v) is 4.46. The van der Waals surface area contributed by atoms with Crippen molar-refractivity contribution in [3.05, 3.63) is 69.7 Å². The Kier molecular flexibility index (Phi) is 6.01. The molecule has 2 aliphatic rings. The molecule has 0 saturated carbocycles. The number of nitrogens with zero attached hydrogens (tertiary/aromatic N) is 1. The predicted molar refractivity (Wildman–Crippen MR) is 125 cm³/mol. The first-order valence-electron chi connectivity index (χ1n) is 10.6. The summed E-state index contributed by atoms with van der Waals surface area (Å²) in [4.78, 5) is 51.0. The third kappa shape index (κ3) is 3.98. The van der Waals surface area contributed by atoms with Crippen molar-refractivity contribution in [2.75, 3.05) is 0 Å². The second-order valence-corrected chi connectivity index (χ2v) is 9.21. The van der Waals surface area contributed by atoms with E-state index in [0.29, 0.717) is 16.7 Å². The van der Waals surface area contributed by atoms with Gasteiger partial charge in [0.05, 0.1) is 5.44 Å². The van der Waals surface area contributed by atoms with Crippen LogP contribution >= 0.6 is 11.6 Å². The lowest BCUT2D eigenvalue weighted by Gasteiger charge is -2.44. The van der Waals surface area contributed by atoms with Crippen LogP contribution in [0.3, 0.4) is 0 Å². The van der Waals surface area contributed by atoms with E-state index in [1.165, 1.54) is 17.0 Å². The van der Waals surface area contributed by atoms with Crippen molar-refractivity contribution in [3.63, 3.8) is 0 Å². The van der Waals surface area contributed by atoms with E-state index >= 15 is 0 Å². The van der Waals surface area contributed by atoms with Crippen LogP contribution in [0.5, 0.6) is 0 Å². The molecule has 2 heterocycles. The Balaban J connectivity index is 1.48. The lowest BCUT2D eigenvalue weighted by molar-refractivity contribution is -0.147. The molecular weight excluding hydrogens is 465 g/mol. The van der Waals surface area contributed by atoms with Crippen molar-refractivity contribution in [1.82, 2.24) is 15.5 Å². The maximum absolute atomic E-state index is 14.5. The van der Waals surface area contributed by atoms with Crippen LogP contribution in [-0.2, 0) is 33.4 Å². The fraction of sp³-hybridized carbons (Fsp3) is 0.273. The summed E-state index contributed by atoms with van der Waals surface area (Å²) >= 11 is 5.72. The van der Waals surface area contributed by atoms with Gasteiger partial charge in [0.15, 0.2) is 0 Å². The van der Waals surface area contributed by atoms with Crippen LogP contribution < -0.4 is 10.6 Å². The molecular formula is C22H20B2ClF2N3O4. The van der Waals surface area contributed by atoms with Gasteiger partial charge in [-0.25, -0.2) is 0 Å². The summed E-state index contributed by atoms with van der Waals surface area (Å²) in [6.45, 7) is -0.0501. The highest BCUT2D eigenvalue weighted by molar-refractivity contribution is 6.38. The standard InChI is InChI=1S/C22H20B2ClF2N3O4/c23-16-8-17(31)29-19(33)21(16,24)30-10-12-7-11(1-6-15(12)18(30)32)9-28-20(34)22(26,27)13-2-4-14(25)5-3-13/h1-7,16H,8-10,23-24H2,(H,28,34)(H,29,31,33)/t16?,21-/m1/s1. The molecule has 0 aromatic heterocycles. The van der Waals surface area contributed by atoms with Crippen LogP contribution in [0, 0.1) is 0 Å². The monoisotopic (exact) mass is 485 g/mol. The van der Waals surface area contributed by atoms with Crippen LogP contribution in [-0.4, -0.2) is 49.7 Å². The van der Waals surface area contributed by atoms with Gasteiger partial charge in [-0.3, -0.25) is 24.5 Å². The van der Waals surface area contributed by atoms with E-state index in [4.69, 9.17) is 11.6 Å². The molecule has 1 fully saturated rings. The van der Waals surface area contributed by atoms with Crippen molar-refractivity contribution in [2.24, 2.45) is 0 Å². The Bertz CT molecular complexity index is 1210. The van der Waals surface area contributed by atoms with Gasteiger partial charge < -0.3 is 10.2 Å². The van der Waals surface area contributed by atoms with Gasteiger partial charge in [0.1, 0.15) is 15.7 Å². The molecule has 2 atom stereocenters. The normalized spacial score (nSPS) is 22.4. The summed E-state index contributed by atoms with van der Waals surface area (Å²) in [5.41, 5.74) is -0.163.